The molecule has 0 unspecified atom stereocenters. The first kappa shape index (κ1) is 11.3. The second-order valence-corrected chi connectivity index (χ2v) is 4.82. The zero-order chi connectivity index (χ0) is 11.7. The molecule has 6 heteroatoms. The quantitative estimate of drug-likeness (QED) is 0.895. The van der Waals surface area contributed by atoms with Crippen LogP contribution in [0.1, 0.15) is 5.69 Å². The van der Waals surface area contributed by atoms with Crippen LogP contribution in [0.4, 0.5) is 5.69 Å². The molecule has 0 spiro atoms. The number of nitrogen functional groups attached to an aromatic ring is 1. The van der Waals surface area contributed by atoms with Crippen molar-refractivity contribution in [2.75, 3.05) is 5.73 Å². The Bertz CT molecular complexity index is 524. The molecule has 2 aromatic heterocycles. The number of aromatic nitrogens is 3. The van der Waals surface area contributed by atoms with E-state index in [0.29, 0.717) is 10.7 Å². The molecule has 2 heterocycles. The Kier molecular flexibility index (Phi) is 3.07. The standard InChI is InChI=1S/C10H11ClN4S/c1-6-3-9(15(2)14-6)16-10-8(11)4-7(12)5-13-10/h3-5H,12H2,1-2H3. The summed E-state index contributed by atoms with van der Waals surface area (Å²) in [5.74, 6) is 0. The minimum absolute atomic E-state index is 0.559. The molecule has 0 amide bonds. The van der Waals surface area contributed by atoms with Crippen molar-refractivity contribution in [2.24, 2.45) is 7.05 Å². The third-order valence-corrected chi connectivity index (χ3v) is 3.50. The fraction of sp³-hybridized carbons (Fsp3) is 0.200. The van der Waals surface area contributed by atoms with Gasteiger partial charge in [-0.1, -0.05) is 11.6 Å². The molecular formula is C10H11ClN4S. The normalized spacial score (nSPS) is 10.7. The lowest BCUT2D eigenvalue weighted by Gasteiger charge is -2.03. The molecule has 2 aromatic rings. The first-order chi connectivity index (χ1) is 7.56. The minimum atomic E-state index is 0.559. The Morgan fingerprint density at radius 1 is 1.44 bits per heavy atom. The Morgan fingerprint density at radius 2 is 2.19 bits per heavy atom. The van der Waals surface area contributed by atoms with E-state index in [1.807, 2.05) is 20.0 Å². The fourth-order valence-electron chi connectivity index (χ4n) is 1.30. The summed E-state index contributed by atoms with van der Waals surface area (Å²) in [6, 6.07) is 3.68. The van der Waals surface area contributed by atoms with Crippen molar-refractivity contribution in [1.29, 1.82) is 0 Å². The first-order valence-corrected chi connectivity index (χ1v) is 5.85. The Hall–Kier alpha value is -1.20. The van der Waals surface area contributed by atoms with Gasteiger partial charge in [-0.2, -0.15) is 5.10 Å². The lowest BCUT2D eigenvalue weighted by Crippen LogP contribution is -1.93. The van der Waals surface area contributed by atoms with Gasteiger partial charge in [-0.15, -0.1) is 0 Å². The highest BCUT2D eigenvalue weighted by Crippen LogP contribution is 2.32. The van der Waals surface area contributed by atoms with Gasteiger partial charge in [0, 0.05) is 7.05 Å². The van der Waals surface area contributed by atoms with E-state index >= 15 is 0 Å². The molecule has 16 heavy (non-hydrogen) atoms. The number of hydrogen-bond acceptors (Lipinski definition) is 4. The van der Waals surface area contributed by atoms with Gasteiger partial charge in [-0.25, -0.2) is 4.98 Å². The van der Waals surface area contributed by atoms with Crippen LogP contribution in [-0.2, 0) is 7.05 Å². The van der Waals surface area contributed by atoms with Crippen LogP contribution in [0.2, 0.25) is 5.02 Å². The number of hydrogen-bond donors (Lipinski definition) is 1. The molecule has 0 saturated heterocycles. The van der Waals surface area contributed by atoms with Gasteiger partial charge < -0.3 is 5.73 Å². The zero-order valence-corrected chi connectivity index (χ0v) is 10.5. The summed E-state index contributed by atoms with van der Waals surface area (Å²) in [4.78, 5) is 4.19. The average Bonchev–Trinajstić information content (AvgIpc) is 2.50. The maximum Gasteiger partial charge on any atom is 0.121 e. The van der Waals surface area contributed by atoms with Gasteiger partial charge >= 0.3 is 0 Å². The monoisotopic (exact) mass is 254 g/mol. The molecule has 0 fully saturated rings. The van der Waals surface area contributed by atoms with Crippen LogP contribution in [0.25, 0.3) is 0 Å². The summed E-state index contributed by atoms with van der Waals surface area (Å²) in [5.41, 5.74) is 7.12. The SMILES string of the molecule is Cc1cc(Sc2ncc(N)cc2Cl)n(C)n1. The first-order valence-electron chi connectivity index (χ1n) is 4.66. The molecule has 2 rings (SSSR count). The largest absolute Gasteiger partial charge is 0.397 e. The van der Waals surface area contributed by atoms with Crippen molar-refractivity contribution in [3.8, 4) is 0 Å². The van der Waals surface area contributed by atoms with Crippen LogP contribution in [0.15, 0.2) is 28.4 Å². The van der Waals surface area contributed by atoms with E-state index < -0.39 is 0 Å². The van der Waals surface area contributed by atoms with Crippen LogP contribution in [-0.4, -0.2) is 14.8 Å². The molecule has 0 bridgehead atoms. The van der Waals surface area contributed by atoms with Gasteiger partial charge in [0.05, 0.1) is 22.6 Å². The number of pyridine rings is 1. The van der Waals surface area contributed by atoms with E-state index in [2.05, 4.69) is 10.1 Å². The van der Waals surface area contributed by atoms with Crippen LogP contribution >= 0.6 is 23.4 Å². The maximum absolute atomic E-state index is 6.05. The van der Waals surface area contributed by atoms with E-state index in [4.69, 9.17) is 17.3 Å². The summed E-state index contributed by atoms with van der Waals surface area (Å²) < 4.78 is 1.80. The van der Waals surface area contributed by atoms with E-state index in [-0.39, 0.29) is 0 Å². The highest BCUT2D eigenvalue weighted by Gasteiger charge is 2.08. The predicted molar refractivity (Wildman–Crippen MR) is 65.7 cm³/mol. The lowest BCUT2D eigenvalue weighted by atomic mass is 10.4. The van der Waals surface area contributed by atoms with E-state index in [0.717, 1.165) is 15.7 Å². The van der Waals surface area contributed by atoms with Crippen molar-refractivity contribution in [2.45, 2.75) is 17.0 Å². The van der Waals surface area contributed by atoms with Crippen molar-refractivity contribution in [3.05, 3.63) is 29.0 Å². The molecule has 2 N–H and O–H groups in total. The maximum atomic E-state index is 6.05. The highest BCUT2D eigenvalue weighted by molar-refractivity contribution is 7.99. The summed E-state index contributed by atoms with van der Waals surface area (Å²) >= 11 is 7.52. The van der Waals surface area contributed by atoms with Crippen molar-refractivity contribution >= 4 is 29.1 Å². The molecule has 0 aliphatic rings. The molecule has 0 aromatic carbocycles. The molecule has 0 saturated carbocycles. The van der Waals surface area contributed by atoms with Gasteiger partial charge in [-0.05, 0) is 30.8 Å². The van der Waals surface area contributed by atoms with E-state index in [9.17, 15) is 0 Å². The summed E-state index contributed by atoms with van der Waals surface area (Å²) in [6.07, 6.45) is 1.59. The fourth-order valence-corrected chi connectivity index (χ4v) is 2.45. The van der Waals surface area contributed by atoms with Gasteiger partial charge in [0.1, 0.15) is 10.1 Å². The van der Waals surface area contributed by atoms with Crippen LogP contribution < -0.4 is 5.73 Å². The Balaban J connectivity index is 2.30. The summed E-state index contributed by atoms with van der Waals surface area (Å²) in [7, 11) is 1.89. The Labute approximate surface area is 103 Å². The smallest absolute Gasteiger partial charge is 0.121 e. The van der Waals surface area contributed by atoms with Crippen LogP contribution in [0, 0.1) is 6.92 Å². The number of rotatable bonds is 2. The van der Waals surface area contributed by atoms with Gasteiger partial charge in [0.2, 0.25) is 0 Å². The average molecular weight is 255 g/mol. The molecule has 0 aliphatic carbocycles. The van der Waals surface area contributed by atoms with Crippen molar-refractivity contribution in [1.82, 2.24) is 14.8 Å². The van der Waals surface area contributed by atoms with E-state index in [1.54, 1.807) is 16.9 Å². The second kappa shape index (κ2) is 4.35. The number of anilines is 1. The van der Waals surface area contributed by atoms with Gasteiger partial charge in [0.25, 0.3) is 0 Å². The van der Waals surface area contributed by atoms with Gasteiger partial charge in [0.15, 0.2) is 0 Å². The number of halogens is 1. The molecule has 0 atom stereocenters. The summed E-state index contributed by atoms with van der Waals surface area (Å²) in [6.45, 7) is 1.95. The lowest BCUT2D eigenvalue weighted by molar-refractivity contribution is 0.692. The molecule has 0 radical (unpaired) electrons. The molecule has 0 aliphatic heterocycles. The second-order valence-electron chi connectivity index (χ2n) is 3.41. The zero-order valence-electron chi connectivity index (χ0n) is 8.94. The number of aryl methyl sites for hydroxylation is 2. The molecular weight excluding hydrogens is 244 g/mol. The van der Waals surface area contributed by atoms with Crippen LogP contribution in [0.5, 0.6) is 0 Å². The molecule has 4 nitrogen and oxygen atoms in total. The van der Waals surface area contributed by atoms with Crippen molar-refractivity contribution < 1.29 is 0 Å². The van der Waals surface area contributed by atoms with Crippen molar-refractivity contribution in [3.63, 3.8) is 0 Å². The third-order valence-electron chi connectivity index (χ3n) is 1.99. The van der Waals surface area contributed by atoms with Gasteiger partial charge in [-0.3, -0.25) is 4.68 Å². The minimum Gasteiger partial charge on any atom is -0.397 e. The number of nitrogens with two attached hydrogens (primary N) is 1. The van der Waals surface area contributed by atoms with Crippen LogP contribution in [0.3, 0.4) is 0 Å². The highest BCUT2D eigenvalue weighted by atomic mass is 35.5. The number of nitrogens with zero attached hydrogens (tertiary/aromatic N) is 3. The third kappa shape index (κ3) is 2.31. The summed E-state index contributed by atoms with van der Waals surface area (Å²) in [5, 5.41) is 6.55. The topological polar surface area (TPSA) is 56.7 Å². The molecule has 84 valence electrons. The predicted octanol–water partition coefficient (Wildman–Crippen LogP) is 2.51. The Morgan fingerprint density at radius 3 is 2.75 bits per heavy atom. The van der Waals surface area contributed by atoms with E-state index in [1.165, 1.54) is 11.8 Å².